The summed E-state index contributed by atoms with van der Waals surface area (Å²) in [6.45, 7) is 0.0533. The predicted molar refractivity (Wildman–Crippen MR) is 290 cm³/mol. The predicted octanol–water partition coefficient (Wildman–Crippen LogP) is -14.9. The van der Waals surface area contributed by atoms with Gasteiger partial charge in [0.2, 0.25) is 0 Å². The van der Waals surface area contributed by atoms with Crippen molar-refractivity contribution in [2.24, 2.45) is 0 Å². The first kappa shape index (κ1) is 77.1. The number of piperazine rings is 1. The molecule has 40 nitrogen and oxygen atoms in total. The Balaban J connectivity index is 0.926. The normalized spacial score (nSPS) is 46.4. The van der Waals surface area contributed by atoms with Crippen molar-refractivity contribution in [3.63, 3.8) is 0 Å². The summed E-state index contributed by atoms with van der Waals surface area (Å²) < 4.78 is 79.7. The van der Waals surface area contributed by atoms with Gasteiger partial charge in [0.15, 0.2) is 56.4 Å². The van der Waals surface area contributed by atoms with Gasteiger partial charge in [-0.3, -0.25) is 4.90 Å². The summed E-state index contributed by atoms with van der Waals surface area (Å²) in [5.74, 6) is 0. The van der Waals surface area contributed by atoms with Gasteiger partial charge in [0.05, 0.1) is 58.0 Å². The van der Waals surface area contributed by atoms with Crippen LogP contribution in [0.3, 0.4) is 0 Å². The van der Waals surface area contributed by atoms with Crippen LogP contribution in [0.5, 0.6) is 0 Å². The van der Waals surface area contributed by atoms with Gasteiger partial charge in [-0.25, -0.2) is 9.78 Å². The molecule has 8 rings (SSSR count). The second kappa shape index (κ2) is 34.2. The van der Waals surface area contributed by atoms with Gasteiger partial charge in [-0.1, -0.05) is 0 Å². The number of fused-ring (bicyclic) bond motifs is 1. The number of nitrogens with zero attached hydrogens (tertiary/aromatic N) is 2. The molecule has 8 heterocycles. The monoisotopic (exact) mass is 1370 g/mol. The Hall–Kier alpha value is -1.60. The lowest BCUT2D eigenvalue weighted by molar-refractivity contribution is -0.431. The van der Waals surface area contributed by atoms with E-state index < -0.39 is 273 Å². The number of aliphatic hydroxyl groups is 22. The number of rotatable bonds is 30. The molecule has 8 fully saturated rings. The molecule has 544 valence electrons. The van der Waals surface area contributed by atoms with Crippen LogP contribution in [-0.2, 0) is 76.1 Å². The van der Waals surface area contributed by atoms with Crippen LogP contribution in [0, 0.1) is 0 Å². The highest BCUT2D eigenvalue weighted by Gasteiger charge is 2.60. The molecule has 0 amide bonds. The lowest BCUT2D eigenvalue weighted by Gasteiger charge is -2.48. The topological polar surface area (TPSA) is 603 Å². The van der Waals surface area contributed by atoms with Gasteiger partial charge in [0.25, 0.3) is 0 Å². The van der Waals surface area contributed by atoms with Crippen LogP contribution in [0.1, 0.15) is 20.8 Å². The summed E-state index contributed by atoms with van der Waals surface area (Å²) in [6, 6.07) is 0. The van der Waals surface area contributed by atoms with E-state index in [-0.39, 0.29) is 6.54 Å². The van der Waals surface area contributed by atoms with Crippen LogP contribution in [0.25, 0.3) is 0 Å². The molecule has 0 saturated carbocycles. The maximum Gasteiger partial charge on any atom is 0.189 e. The second-order valence-electron chi connectivity index (χ2n) is 24.4. The van der Waals surface area contributed by atoms with Gasteiger partial charge in [-0.05, 0) is 27.8 Å². The SMILES string of the molecule is CC(CO)OC(OC1C(CN2CCN(C)CC2)OC(OC(C(CO)OOC2C(C)OC(OC3C(CO)OC(OC4C(CO)OC5OC5C4O)C(O)C3O)C(O)C2O)C(O)C(C)O)C(O)C1O)C(O)C(O)OC1OC(CO)C(OC2OC(CO)C(O)C(O)C2O)C(O)C1O. The van der Waals surface area contributed by atoms with Crippen molar-refractivity contribution < 1.29 is 188 Å². The van der Waals surface area contributed by atoms with E-state index in [1.807, 2.05) is 16.8 Å². The van der Waals surface area contributed by atoms with Crippen LogP contribution in [-0.4, -0.2) is 435 Å². The maximum atomic E-state index is 12.0. The highest BCUT2D eigenvalue weighted by atomic mass is 17.2. The molecular formula is C53H94N2O38. The van der Waals surface area contributed by atoms with Gasteiger partial charge >= 0.3 is 0 Å². The first-order valence-electron chi connectivity index (χ1n) is 30.6. The first-order valence-corrected chi connectivity index (χ1v) is 30.6. The Kier molecular flexibility index (Phi) is 28.3. The molecule has 40 heteroatoms. The molecule has 0 aliphatic carbocycles. The summed E-state index contributed by atoms with van der Waals surface area (Å²) in [5.41, 5.74) is 0. The molecule has 93 heavy (non-hydrogen) atoms. The van der Waals surface area contributed by atoms with Crippen molar-refractivity contribution in [2.75, 3.05) is 79.4 Å². The number of hydrogen-bond donors (Lipinski definition) is 22. The fraction of sp³-hybridized carbons (Fsp3) is 1.00. The Labute approximate surface area is 530 Å². The molecule has 8 saturated heterocycles. The molecule has 0 radical (unpaired) electrons. The summed E-state index contributed by atoms with van der Waals surface area (Å²) >= 11 is 0. The third kappa shape index (κ3) is 17.8. The van der Waals surface area contributed by atoms with E-state index in [0.717, 1.165) is 6.92 Å². The fourth-order valence-electron chi connectivity index (χ4n) is 11.7. The maximum absolute atomic E-state index is 12.0. The van der Waals surface area contributed by atoms with Crippen LogP contribution < -0.4 is 0 Å². The van der Waals surface area contributed by atoms with Crippen LogP contribution in [0.2, 0.25) is 0 Å². The van der Waals surface area contributed by atoms with Crippen LogP contribution in [0.15, 0.2) is 0 Å². The number of epoxide rings is 1. The molecular weight excluding hydrogens is 1270 g/mol. The molecule has 38 atom stereocenters. The minimum absolute atomic E-state index is 0.168. The Bertz CT molecular complexity index is 2200. The van der Waals surface area contributed by atoms with Gasteiger partial charge in [0, 0.05) is 32.7 Å². The smallest absolute Gasteiger partial charge is 0.189 e. The minimum atomic E-state index is -2.56. The van der Waals surface area contributed by atoms with E-state index >= 15 is 0 Å². The molecule has 22 N–H and O–H groups in total. The highest BCUT2D eigenvalue weighted by molar-refractivity contribution is 5.01. The van der Waals surface area contributed by atoms with E-state index in [4.69, 9.17) is 76.1 Å². The lowest BCUT2D eigenvalue weighted by Crippen LogP contribution is -2.66. The molecule has 38 unspecified atom stereocenters. The zero-order valence-corrected chi connectivity index (χ0v) is 51.0. The van der Waals surface area contributed by atoms with E-state index in [2.05, 4.69) is 0 Å². The number of likely N-dealkylation sites (N-methyl/N-ethyl adjacent to an activating group) is 1. The third-order valence-corrected chi connectivity index (χ3v) is 17.5. The molecule has 8 aliphatic heterocycles. The molecule has 0 spiro atoms. The zero-order chi connectivity index (χ0) is 68.2. The molecule has 8 aliphatic rings. The fourth-order valence-corrected chi connectivity index (χ4v) is 11.7. The quantitative estimate of drug-likeness (QED) is 0.0137. The van der Waals surface area contributed by atoms with E-state index in [1.54, 1.807) is 0 Å². The van der Waals surface area contributed by atoms with Gasteiger partial charge in [0.1, 0.15) is 159 Å². The highest BCUT2D eigenvalue weighted by Crippen LogP contribution is 2.40. The van der Waals surface area contributed by atoms with Crippen molar-refractivity contribution >= 4 is 0 Å². The second-order valence-corrected chi connectivity index (χ2v) is 24.4. The molecule has 0 aromatic rings. The minimum Gasteiger partial charge on any atom is -0.394 e. The van der Waals surface area contributed by atoms with Gasteiger partial charge in [-0.2, -0.15) is 0 Å². The van der Waals surface area contributed by atoms with E-state index in [1.165, 1.54) is 13.8 Å². The van der Waals surface area contributed by atoms with Crippen molar-refractivity contribution in [3.05, 3.63) is 0 Å². The molecule has 0 aromatic carbocycles. The first-order chi connectivity index (χ1) is 44.1. The van der Waals surface area contributed by atoms with Gasteiger partial charge in [-0.15, -0.1) is 0 Å². The average molecular weight is 1370 g/mol. The zero-order valence-electron chi connectivity index (χ0n) is 51.0. The van der Waals surface area contributed by atoms with Crippen molar-refractivity contribution in [1.29, 1.82) is 0 Å². The summed E-state index contributed by atoms with van der Waals surface area (Å²) in [5, 5.41) is 239. The molecule has 0 bridgehead atoms. The number of aliphatic hydroxyl groups excluding tert-OH is 22. The standard InChI is InChI=1S/C53H94N2O38/c1-16(10-56)78-52(38(76)46(77)91-51-36(74)31(69)42(22(13-59)83-51)87-48-32(70)27(65)26(64)20(11-57)81-48)85-40-19(9-55-7-5-54(4)6-8-55)80-49(34(72)29(40)67)89-44(25(63)17(2)62)24(15-61)92-93-39-18(3)79-47(33(71)28(39)66)86-41-21(12-58)82-50(35(73)30(41)68)88-43-23(14-60)84-53-45(90-53)37(43)75/h16-53,56-77H,5-15H2,1-4H3. The Morgan fingerprint density at radius 2 is 0.903 bits per heavy atom. The number of ether oxygens (including phenoxy) is 14. The Morgan fingerprint density at radius 3 is 1.44 bits per heavy atom. The summed E-state index contributed by atoms with van der Waals surface area (Å²) in [7, 11) is 1.86. The largest absolute Gasteiger partial charge is 0.394 e. The van der Waals surface area contributed by atoms with Crippen molar-refractivity contribution in [3.8, 4) is 0 Å². The molecule has 0 aromatic heterocycles. The summed E-state index contributed by atoms with van der Waals surface area (Å²) in [4.78, 5) is 14.9. The van der Waals surface area contributed by atoms with E-state index in [0.29, 0.717) is 26.2 Å². The van der Waals surface area contributed by atoms with Crippen LogP contribution in [0.4, 0.5) is 0 Å². The number of hydrogen-bond acceptors (Lipinski definition) is 40. The lowest BCUT2D eigenvalue weighted by atomic mass is 9.96. The van der Waals surface area contributed by atoms with Gasteiger partial charge < -0.3 is 184 Å². The third-order valence-electron chi connectivity index (χ3n) is 17.5. The summed E-state index contributed by atoms with van der Waals surface area (Å²) in [6.07, 6.45) is -68.2. The average Bonchev–Trinajstić information content (AvgIpc) is 1.70. The van der Waals surface area contributed by atoms with E-state index in [9.17, 15) is 112 Å². The van der Waals surface area contributed by atoms with Crippen LogP contribution >= 0.6 is 0 Å². The Morgan fingerprint density at radius 1 is 0.441 bits per heavy atom. The van der Waals surface area contributed by atoms with Crippen molar-refractivity contribution in [2.45, 2.75) is 254 Å². The van der Waals surface area contributed by atoms with Crippen molar-refractivity contribution in [1.82, 2.24) is 9.80 Å².